The van der Waals surface area contributed by atoms with Crippen LogP contribution in [0.1, 0.15) is 21.5 Å². The van der Waals surface area contributed by atoms with Crippen molar-refractivity contribution < 1.29 is 18.7 Å². The first kappa shape index (κ1) is 18.1. The predicted molar refractivity (Wildman–Crippen MR) is 100 cm³/mol. The fourth-order valence-electron chi connectivity index (χ4n) is 2.29. The third-order valence-electron chi connectivity index (χ3n) is 3.71. The summed E-state index contributed by atoms with van der Waals surface area (Å²) in [5, 5.41) is 0. The van der Waals surface area contributed by atoms with Crippen molar-refractivity contribution in [3.05, 3.63) is 99.8 Å². The van der Waals surface area contributed by atoms with Gasteiger partial charge in [0.05, 0.1) is 5.56 Å². The van der Waals surface area contributed by atoms with Crippen LogP contribution >= 0.6 is 15.9 Å². The lowest BCUT2D eigenvalue weighted by Crippen LogP contribution is -2.06. The van der Waals surface area contributed by atoms with Gasteiger partial charge in [-0.2, -0.15) is 0 Å². The lowest BCUT2D eigenvalue weighted by molar-refractivity contribution is 0.0469. The summed E-state index contributed by atoms with van der Waals surface area (Å²) in [7, 11) is 0. The summed E-state index contributed by atoms with van der Waals surface area (Å²) < 4.78 is 25.2. The summed E-state index contributed by atoms with van der Waals surface area (Å²) in [5.41, 5.74) is 1.67. The van der Waals surface area contributed by atoms with Crippen LogP contribution in [0.15, 0.2) is 77.3 Å². The number of carbonyl (C=O) groups is 1. The third kappa shape index (κ3) is 4.92. The van der Waals surface area contributed by atoms with Crippen LogP contribution in [0.4, 0.5) is 4.39 Å². The Bertz CT molecular complexity index is 880. The van der Waals surface area contributed by atoms with Crippen molar-refractivity contribution in [2.24, 2.45) is 0 Å². The Kier molecular flexibility index (Phi) is 6.02. The molecule has 0 spiro atoms. The lowest BCUT2D eigenvalue weighted by Gasteiger charge is -2.08. The highest BCUT2D eigenvalue weighted by Gasteiger charge is 2.10. The molecule has 0 aliphatic heterocycles. The molecule has 26 heavy (non-hydrogen) atoms. The zero-order valence-corrected chi connectivity index (χ0v) is 15.4. The minimum atomic E-state index is -0.497. The Morgan fingerprint density at radius 3 is 2.35 bits per heavy atom. The summed E-state index contributed by atoms with van der Waals surface area (Å²) in [6.45, 7) is 0.292. The molecule has 0 aromatic heterocycles. The number of halogens is 2. The molecule has 0 fully saturated rings. The molecule has 0 aliphatic carbocycles. The molecule has 0 saturated heterocycles. The van der Waals surface area contributed by atoms with Crippen LogP contribution in [0.5, 0.6) is 5.75 Å². The van der Waals surface area contributed by atoms with Gasteiger partial charge in [0.2, 0.25) is 0 Å². The van der Waals surface area contributed by atoms with E-state index in [1.807, 2.05) is 30.3 Å². The molecule has 3 rings (SSSR count). The molecule has 0 radical (unpaired) electrons. The van der Waals surface area contributed by atoms with Gasteiger partial charge in [-0.05, 0) is 42.0 Å². The molecular formula is C21H16BrFO3. The van der Waals surface area contributed by atoms with Gasteiger partial charge in [0.1, 0.15) is 24.8 Å². The number of esters is 1. The normalized spacial score (nSPS) is 10.4. The maximum absolute atomic E-state index is 13.7. The van der Waals surface area contributed by atoms with Crippen LogP contribution in [0.25, 0.3) is 0 Å². The highest BCUT2D eigenvalue weighted by Crippen LogP contribution is 2.17. The molecule has 0 saturated carbocycles. The second kappa shape index (κ2) is 8.63. The molecule has 0 aliphatic rings. The summed E-state index contributed by atoms with van der Waals surface area (Å²) in [4.78, 5) is 12.1. The Hall–Kier alpha value is -2.66. The maximum atomic E-state index is 13.7. The molecule has 0 amide bonds. The molecule has 0 bridgehead atoms. The van der Waals surface area contributed by atoms with E-state index in [1.165, 1.54) is 6.07 Å². The van der Waals surface area contributed by atoms with Crippen molar-refractivity contribution >= 4 is 21.9 Å². The Balaban J connectivity index is 1.55. The van der Waals surface area contributed by atoms with Gasteiger partial charge in [-0.3, -0.25) is 0 Å². The van der Waals surface area contributed by atoms with Crippen LogP contribution in [0.2, 0.25) is 0 Å². The van der Waals surface area contributed by atoms with Crippen molar-refractivity contribution in [2.45, 2.75) is 13.2 Å². The number of benzene rings is 3. The van der Waals surface area contributed by atoms with Crippen LogP contribution in [0.3, 0.4) is 0 Å². The Labute approximate surface area is 159 Å². The number of ether oxygens (including phenoxy) is 2. The van der Waals surface area contributed by atoms with Crippen molar-refractivity contribution in [3.8, 4) is 5.75 Å². The van der Waals surface area contributed by atoms with E-state index in [1.54, 1.807) is 36.4 Å². The minimum absolute atomic E-state index is 0.114. The number of carbonyl (C=O) groups excluding carboxylic acids is 1. The monoisotopic (exact) mass is 414 g/mol. The maximum Gasteiger partial charge on any atom is 0.338 e. The average molecular weight is 415 g/mol. The third-order valence-corrected chi connectivity index (χ3v) is 4.21. The Morgan fingerprint density at radius 2 is 1.65 bits per heavy atom. The topological polar surface area (TPSA) is 35.5 Å². The predicted octanol–water partition coefficient (Wildman–Crippen LogP) is 5.52. The second-order valence-corrected chi connectivity index (χ2v) is 6.53. The SMILES string of the molecule is O=C(OCc1ccc(Br)cc1F)c1ccc(COc2ccccc2)cc1. The van der Waals surface area contributed by atoms with Gasteiger partial charge in [-0.25, -0.2) is 9.18 Å². The van der Waals surface area contributed by atoms with E-state index < -0.39 is 11.8 Å². The molecular weight excluding hydrogens is 399 g/mol. The van der Waals surface area contributed by atoms with Gasteiger partial charge in [0.15, 0.2) is 0 Å². The largest absolute Gasteiger partial charge is 0.489 e. The van der Waals surface area contributed by atoms with Crippen molar-refractivity contribution in [3.63, 3.8) is 0 Å². The van der Waals surface area contributed by atoms with Gasteiger partial charge in [-0.1, -0.05) is 52.3 Å². The summed E-state index contributed by atoms with van der Waals surface area (Å²) in [6, 6.07) is 21.1. The van der Waals surface area contributed by atoms with Crippen LogP contribution in [0, 0.1) is 5.82 Å². The number of hydrogen-bond acceptors (Lipinski definition) is 3. The molecule has 3 nitrogen and oxygen atoms in total. The van der Waals surface area contributed by atoms with Gasteiger partial charge in [0.25, 0.3) is 0 Å². The molecule has 132 valence electrons. The first-order chi connectivity index (χ1) is 12.6. The summed E-state index contributed by atoms with van der Waals surface area (Å²) in [5.74, 6) is -0.129. The fraction of sp³-hybridized carbons (Fsp3) is 0.0952. The first-order valence-electron chi connectivity index (χ1n) is 7.99. The number of hydrogen-bond donors (Lipinski definition) is 0. The van der Waals surface area contributed by atoms with E-state index in [0.717, 1.165) is 11.3 Å². The zero-order valence-electron chi connectivity index (χ0n) is 13.8. The molecule has 0 heterocycles. The Morgan fingerprint density at radius 1 is 0.923 bits per heavy atom. The molecule has 0 N–H and O–H groups in total. The van der Waals surface area contributed by atoms with Gasteiger partial charge in [0, 0.05) is 10.0 Å². The van der Waals surface area contributed by atoms with E-state index in [4.69, 9.17) is 9.47 Å². The summed E-state index contributed by atoms with van der Waals surface area (Å²) in [6.07, 6.45) is 0. The van der Waals surface area contributed by atoms with E-state index in [9.17, 15) is 9.18 Å². The number of para-hydroxylation sites is 1. The van der Waals surface area contributed by atoms with Gasteiger partial charge >= 0.3 is 5.97 Å². The van der Waals surface area contributed by atoms with Gasteiger partial charge < -0.3 is 9.47 Å². The fourth-order valence-corrected chi connectivity index (χ4v) is 2.62. The highest BCUT2D eigenvalue weighted by molar-refractivity contribution is 9.10. The van der Waals surface area contributed by atoms with E-state index in [2.05, 4.69) is 15.9 Å². The minimum Gasteiger partial charge on any atom is -0.489 e. The first-order valence-corrected chi connectivity index (χ1v) is 8.79. The second-order valence-electron chi connectivity index (χ2n) is 5.61. The molecule has 3 aromatic carbocycles. The molecule has 0 unspecified atom stereocenters. The van der Waals surface area contributed by atoms with Crippen molar-refractivity contribution in [2.75, 3.05) is 0 Å². The van der Waals surface area contributed by atoms with Crippen LogP contribution in [-0.4, -0.2) is 5.97 Å². The van der Waals surface area contributed by atoms with Crippen LogP contribution < -0.4 is 4.74 Å². The van der Waals surface area contributed by atoms with E-state index >= 15 is 0 Å². The standard InChI is InChI=1S/C21H16BrFO3/c22-18-11-10-17(20(23)12-18)14-26-21(24)16-8-6-15(7-9-16)13-25-19-4-2-1-3-5-19/h1-12H,13-14H2. The summed E-state index contributed by atoms with van der Waals surface area (Å²) >= 11 is 3.19. The average Bonchev–Trinajstić information content (AvgIpc) is 2.67. The highest BCUT2D eigenvalue weighted by atomic mass is 79.9. The quantitative estimate of drug-likeness (QED) is 0.497. The molecule has 5 heteroatoms. The smallest absolute Gasteiger partial charge is 0.338 e. The zero-order chi connectivity index (χ0) is 18.4. The van der Waals surface area contributed by atoms with Crippen molar-refractivity contribution in [1.82, 2.24) is 0 Å². The number of rotatable bonds is 6. The van der Waals surface area contributed by atoms with Crippen molar-refractivity contribution in [1.29, 1.82) is 0 Å². The molecule has 0 atom stereocenters. The van der Waals surface area contributed by atoms with E-state index in [0.29, 0.717) is 22.2 Å². The molecule has 3 aromatic rings. The lowest BCUT2D eigenvalue weighted by atomic mass is 10.1. The van der Waals surface area contributed by atoms with Crippen LogP contribution in [-0.2, 0) is 18.0 Å². The van der Waals surface area contributed by atoms with Gasteiger partial charge in [-0.15, -0.1) is 0 Å². The van der Waals surface area contributed by atoms with E-state index in [-0.39, 0.29) is 6.61 Å².